The molecule has 0 atom stereocenters. The lowest BCUT2D eigenvalue weighted by molar-refractivity contribution is -0.895. The number of carbonyl (C=O) groups is 2. The molecule has 6 nitrogen and oxygen atoms in total. The molecule has 0 spiro atoms. The molecule has 0 aliphatic heterocycles. The van der Waals surface area contributed by atoms with Gasteiger partial charge in [-0.2, -0.15) is 0 Å². The van der Waals surface area contributed by atoms with Gasteiger partial charge in [-0.15, -0.1) is 0 Å². The summed E-state index contributed by atoms with van der Waals surface area (Å²) in [6, 6.07) is 12.5. The van der Waals surface area contributed by atoms with E-state index in [9.17, 15) is 14.0 Å². The Kier molecular flexibility index (Phi) is 8.42. The van der Waals surface area contributed by atoms with Crippen molar-refractivity contribution in [2.24, 2.45) is 0 Å². The second-order valence-electron chi connectivity index (χ2n) is 6.31. The van der Waals surface area contributed by atoms with Crippen molar-refractivity contribution in [2.45, 2.75) is 13.8 Å². The van der Waals surface area contributed by atoms with Crippen LogP contribution in [0.4, 0.5) is 10.1 Å². The largest absolute Gasteiger partial charge is 0.481 e. The number of nitrogens with one attached hydrogen (secondary N) is 3. The van der Waals surface area contributed by atoms with Gasteiger partial charge >= 0.3 is 0 Å². The van der Waals surface area contributed by atoms with Crippen LogP contribution >= 0.6 is 0 Å². The van der Waals surface area contributed by atoms with Crippen LogP contribution in [0.15, 0.2) is 48.5 Å². The third-order valence-electron chi connectivity index (χ3n) is 4.39. The Bertz CT molecular complexity index is 777. The zero-order valence-electron chi connectivity index (χ0n) is 16.3. The summed E-state index contributed by atoms with van der Waals surface area (Å²) >= 11 is 0. The summed E-state index contributed by atoms with van der Waals surface area (Å²) in [5.74, 6) is -1.06. The first-order chi connectivity index (χ1) is 13.5. The molecule has 7 heteroatoms. The Labute approximate surface area is 164 Å². The van der Waals surface area contributed by atoms with Gasteiger partial charge in [-0.1, -0.05) is 12.1 Å². The molecule has 2 aromatic rings. The van der Waals surface area contributed by atoms with E-state index < -0.39 is 11.7 Å². The molecule has 2 rings (SSSR count). The van der Waals surface area contributed by atoms with Crippen LogP contribution in [0.2, 0.25) is 0 Å². The lowest BCUT2D eigenvalue weighted by Crippen LogP contribution is -3.12. The van der Waals surface area contributed by atoms with Gasteiger partial charge in [0.15, 0.2) is 18.2 Å². The fraction of sp³-hybridized carbons (Fsp3) is 0.333. The van der Waals surface area contributed by atoms with Gasteiger partial charge in [0.05, 0.1) is 26.2 Å². The summed E-state index contributed by atoms with van der Waals surface area (Å²) in [5.41, 5.74) is 1.06. The molecule has 0 saturated heterocycles. The van der Waals surface area contributed by atoms with Gasteiger partial charge in [-0.25, -0.2) is 4.39 Å². The standard InChI is InChI=1S/C21H26FN3O3/c1-3-25(4-2)14-13-23-21(27)16-9-11-17(12-10-16)24-20(26)15-28-19-8-6-5-7-18(19)22/h5-12H,3-4,13-15H2,1-2H3,(H,23,27)(H,24,26)/p+1. The minimum Gasteiger partial charge on any atom is -0.481 e. The van der Waals surface area contributed by atoms with Crippen molar-refractivity contribution in [1.29, 1.82) is 0 Å². The van der Waals surface area contributed by atoms with Crippen molar-refractivity contribution in [2.75, 3.05) is 38.1 Å². The molecule has 0 aromatic heterocycles. The normalized spacial score (nSPS) is 10.6. The summed E-state index contributed by atoms with van der Waals surface area (Å²) in [6.07, 6.45) is 0. The van der Waals surface area contributed by atoms with Gasteiger partial charge < -0.3 is 20.3 Å². The van der Waals surface area contributed by atoms with E-state index >= 15 is 0 Å². The van der Waals surface area contributed by atoms with Crippen LogP contribution in [-0.4, -0.2) is 44.6 Å². The molecular formula is C21H27FN3O3+. The second kappa shape index (κ2) is 11.0. The van der Waals surface area contributed by atoms with Crippen molar-refractivity contribution in [3.8, 4) is 5.75 Å². The van der Waals surface area contributed by atoms with Gasteiger partial charge in [0.1, 0.15) is 0 Å². The molecule has 2 aromatic carbocycles. The van der Waals surface area contributed by atoms with Crippen molar-refractivity contribution in [3.05, 3.63) is 59.9 Å². The highest BCUT2D eigenvalue weighted by molar-refractivity contribution is 5.96. The number of hydrogen-bond donors (Lipinski definition) is 3. The molecule has 150 valence electrons. The number of benzene rings is 2. The molecule has 2 amide bonds. The van der Waals surface area contributed by atoms with Crippen molar-refractivity contribution in [1.82, 2.24) is 5.32 Å². The third-order valence-corrected chi connectivity index (χ3v) is 4.39. The van der Waals surface area contributed by atoms with E-state index in [1.165, 1.54) is 17.0 Å². The van der Waals surface area contributed by atoms with E-state index in [1.807, 2.05) is 0 Å². The number of rotatable bonds is 10. The number of para-hydroxylation sites is 1. The Hall–Kier alpha value is -2.93. The first kappa shape index (κ1) is 21.4. The molecule has 0 radical (unpaired) electrons. The zero-order chi connectivity index (χ0) is 20.4. The van der Waals surface area contributed by atoms with Gasteiger partial charge in [0, 0.05) is 11.3 Å². The maximum absolute atomic E-state index is 13.5. The first-order valence-corrected chi connectivity index (χ1v) is 9.42. The zero-order valence-corrected chi connectivity index (χ0v) is 16.3. The fourth-order valence-corrected chi connectivity index (χ4v) is 2.67. The molecule has 28 heavy (non-hydrogen) atoms. The van der Waals surface area contributed by atoms with E-state index in [4.69, 9.17) is 4.74 Å². The molecule has 0 aliphatic rings. The number of likely N-dealkylation sites (N-methyl/N-ethyl adjacent to an activating group) is 1. The number of halogens is 1. The Balaban J connectivity index is 1.79. The second-order valence-corrected chi connectivity index (χ2v) is 6.31. The number of quaternary nitrogens is 1. The number of hydrogen-bond acceptors (Lipinski definition) is 3. The Morgan fingerprint density at radius 3 is 2.36 bits per heavy atom. The fourth-order valence-electron chi connectivity index (χ4n) is 2.67. The maximum atomic E-state index is 13.5. The van der Waals surface area contributed by atoms with Crippen LogP contribution < -0.4 is 20.3 Å². The average molecular weight is 388 g/mol. The van der Waals surface area contributed by atoms with E-state index in [0.717, 1.165) is 19.6 Å². The van der Waals surface area contributed by atoms with Crippen LogP contribution in [0.25, 0.3) is 0 Å². The van der Waals surface area contributed by atoms with E-state index in [-0.39, 0.29) is 18.3 Å². The number of anilines is 1. The predicted octanol–water partition coefficient (Wildman–Crippen LogP) is 1.50. The van der Waals surface area contributed by atoms with Gasteiger partial charge in [0.2, 0.25) is 0 Å². The minimum absolute atomic E-state index is 0.0243. The van der Waals surface area contributed by atoms with Crippen LogP contribution in [-0.2, 0) is 4.79 Å². The summed E-state index contributed by atoms with van der Waals surface area (Å²) in [7, 11) is 0. The highest BCUT2D eigenvalue weighted by Gasteiger charge is 2.09. The number of ether oxygens (including phenoxy) is 1. The Morgan fingerprint density at radius 1 is 1.04 bits per heavy atom. The summed E-state index contributed by atoms with van der Waals surface area (Å²) in [4.78, 5) is 25.5. The minimum atomic E-state index is -0.520. The van der Waals surface area contributed by atoms with Gasteiger partial charge in [0.25, 0.3) is 11.8 Å². The maximum Gasteiger partial charge on any atom is 0.262 e. The predicted molar refractivity (Wildman–Crippen MR) is 106 cm³/mol. The van der Waals surface area contributed by atoms with Crippen LogP contribution in [0.5, 0.6) is 5.75 Å². The summed E-state index contributed by atoms with van der Waals surface area (Å²) in [6.45, 7) is 7.49. The SMILES string of the molecule is CC[NH+](CC)CCNC(=O)c1ccc(NC(=O)COc2ccccc2F)cc1. The van der Waals surface area contributed by atoms with E-state index in [2.05, 4.69) is 24.5 Å². The topological polar surface area (TPSA) is 71.9 Å². The van der Waals surface area contributed by atoms with Crippen molar-refractivity contribution < 1.29 is 23.6 Å². The van der Waals surface area contributed by atoms with Crippen LogP contribution in [0, 0.1) is 5.82 Å². The lowest BCUT2D eigenvalue weighted by atomic mass is 10.2. The molecule has 0 heterocycles. The van der Waals surface area contributed by atoms with Crippen molar-refractivity contribution in [3.63, 3.8) is 0 Å². The molecule has 0 unspecified atom stereocenters. The monoisotopic (exact) mass is 388 g/mol. The van der Waals surface area contributed by atoms with Crippen LogP contribution in [0.3, 0.4) is 0 Å². The molecular weight excluding hydrogens is 361 g/mol. The number of amides is 2. The quantitative estimate of drug-likeness (QED) is 0.578. The van der Waals surface area contributed by atoms with Crippen molar-refractivity contribution >= 4 is 17.5 Å². The van der Waals surface area contributed by atoms with E-state index in [1.54, 1.807) is 36.4 Å². The Morgan fingerprint density at radius 2 is 1.71 bits per heavy atom. The highest BCUT2D eigenvalue weighted by Crippen LogP contribution is 2.15. The van der Waals surface area contributed by atoms with Crippen LogP contribution in [0.1, 0.15) is 24.2 Å². The van der Waals surface area contributed by atoms with Gasteiger partial charge in [-0.05, 0) is 50.2 Å². The molecule has 0 aliphatic carbocycles. The average Bonchev–Trinajstić information content (AvgIpc) is 2.71. The first-order valence-electron chi connectivity index (χ1n) is 9.42. The van der Waals surface area contributed by atoms with Gasteiger partial charge in [-0.3, -0.25) is 9.59 Å². The van der Waals surface area contributed by atoms with E-state index in [0.29, 0.717) is 17.8 Å². The molecule has 0 fully saturated rings. The summed E-state index contributed by atoms with van der Waals surface area (Å²) < 4.78 is 18.6. The number of carbonyl (C=O) groups excluding carboxylic acids is 2. The smallest absolute Gasteiger partial charge is 0.262 e. The highest BCUT2D eigenvalue weighted by atomic mass is 19.1. The summed E-state index contributed by atoms with van der Waals surface area (Å²) in [5, 5.41) is 5.55. The molecule has 3 N–H and O–H groups in total. The lowest BCUT2D eigenvalue weighted by Gasteiger charge is -2.15. The molecule has 0 saturated carbocycles. The molecule has 0 bridgehead atoms. The third kappa shape index (κ3) is 6.66.